The van der Waals surface area contributed by atoms with E-state index in [1.807, 2.05) is 0 Å². The lowest BCUT2D eigenvalue weighted by Gasteiger charge is -2.09. The number of allylic oxidation sites excluding steroid dienone is 5. The number of carbonyl (C=O) groups is 1. The molecule has 0 spiro atoms. The van der Waals surface area contributed by atoms with Crippen LogP contribution in [0.4, 0.5) is 0 Å². The van der Waals surface area contributed by atoms with Crippen molar-refractivity contribution in [2.24, 2.45) is 0 Å². The summed E-state index contributed by atoms with van der Waals surface area (Å²) in [6, 6.07) is 0. The second kappa shape index (κ2) is 5.23. The minimum Gasteiger partial charge on any atom is -0.466 e. The predicted octanol–water partition coefficient (Wildman–Crippen LogP) is 3.13. The largest absolute Gasteiger partial charge is 0.466 e. The fraction of sp³-hybridized carbons (Fsp3) is 0.300. The van der Waals surface area contributed by atoms with Crippen LogP contribution in [0.25, 0.3) is 0 Å². The quantitative estimate of drug-likeness (QED) is 0.541. The van der Waals surface area contributed by atoms with E-state index in [2.05, 4.69) is 4.74 Å². The third kappa shape index (κ3) is 3.20. The number of methoxy groups -OCH3 is 1. The van der Waals surface area contributed by atoms with Crippen LogP contribution in [0, 0.1) is 0 Å². The molecule has 1 aliphatic rings. The summed E-state index contributed by atoms with van der Waals surface area (Å²) in [5, 5.41) is 1.33. The van der Waals surface area contributed by atoms with Gasteiger partial charge in [-0.15, -0.1) is 0 Å². The average molecular weight is 233 g/mol. The Kier molecular flexibility index (Phi) is 4.23. The Morgan fingerprint density at radius 1 is 1.50 bits per heavy atom. The third-order valence-electron chi connectivity index (χ3n) is 1.85. The van der Waals surface area contributed by atoms with E-state index in [-0.39, 0.29) is 5.97 Å². The number of rotatable bonds is 2. The SMILES string of the molecule is COC(=O)/C=C/C1=C(Cl)C=C(Cl)CC1. The van der Waals surface area contributed by atoms with E-state index < -0.39 is 0 Å². The van der Waals surface area contributed by atoms with Crippen molar-refractivity contribution in [3.05, 3.63) is 33.9 Å². The fourth-order valence-corrected chi connectivity index (χ4v) is 1.62. The van der Waals surface area contributed by atoms with Gasteiger partial charge in [0.25, 0.3) is 0 Å². The summed E-state index contributed by atoms with van der Waals surface area (Å²) >= 11 is 11.7. The molecule has 0 amide bonds. The van der Waals surface area contributed by atoms with E-state index in [0.29, 0.717) is 5.03 Å². The highest BCUT2D eigenvalue weighted by molar-refractivity contribution is 6.35. The van der Waals surface area contributed by atoms with Gasteiger partial charge >= 0.3 is 5.97 Å². The molecule has 0 aromatic heterocycles. The van der Waals surface area contributed by atoms with Crippen LogP contribution in [0.3, 0.4) is 0 Å². The molecular formula is C10H10Cl2O2. The predicted molar refractivity (Wildman–Crippen MR) is 57.2 cm³/mol. The molecule has 0 fully saturated rings. The molecule has 14 heavy (non-hydrogen) atoms. The van der Waals surface area contributed by atoms with Crippen molar-refractivity contribution in [3.8, 4) is 0 Å². The van der Waals surface area contributed by atoms with Crippen molar-refractivity contribution in [1.82, 2.24) is 0 Å². The van der Waals surface area contributed by atoms with Crippen molar-refractivity contribution in [2.75, 3.05) is 7.11 Å². The molecule has 0 N–H and O–H groups in total. The van der Waals surface area contributed by atoms with Gasteiger partial charge in [-0.05, 0) is 24.5 Å². The zero-order valence-electron chi connectivity index (χ0n) is 7.72. The summed E-state index contributed by atoms with van der Waals surface area (Å²) in [5.41, 5.74) is 0.904. The molecule has 0 unspecified atom stereocenters. The molecule has 1 aliphatic carbocycles. The van der Waals surface area contributed by atoms with Crippen LogP contribution in [0.2, 0.25) is 0 Å². The molecule has 1 rings (SSSR count). The topological polar surface area (TPSA) is 26.3 Å². The Labute approximate surface area is 92.8 Å². The molecule has 0 bridgehead atoms. The molecular weight excluding hydrogens is 223 g/mol. The molecule has 0 saturated carbocycles. The van der Waals surface area contributed by atoms with E-state index in [1.54, 1.807) is 12.2 Å². The number of hydrogen-bond acceptors (Lipinski definition) is 2. The van der Waals surface area contributed by atoms with Crippen LogP contribution < -0.4 is 0 Å². The van der Waals surface area contributed by atoms with Crippen molar-refractivity contribution in [1.29, 1.82) is 0 Å². The van der Waals surface area contributed by atoms with Gasteiger partial charge in [0.05, 0.1) is 7.11 Å². The van der Waals surface area contributed by atoms with Crippen LogP contribution in [-0.4, -0.2) is 13.1 Å². The van der Waals surface area contributed by atoms with Crippen molar-refractivity contribution in [2.45, 2.75) is 12.8 Å². The fourth-order valence-electron chi connectivity index (χ4n) is 1.08. The van der Waals surface area contributed by atoms with Gasteiger partial charge in [0.1, 0.15) is 0 Å². The second-order valence-electron chi connectivity index (χ2n) is 2.82. The van der Waals surface area contributed by atoms with Gasteiger partial charge in [-0.1, -0.05) is 29.3 Å². The monoisotopic (exact) mass is 232 g/mol. The van der Waals surface area contributed by atoms with E-state index >= 15 is 0 Å². The Hall–Kier alpha value is -0.730. The third-order valence-corrected chi connectivity index (χ3v) is 2.49. The Morgan fingerprint density at radius 3 is 2.79 bits per heavy atom. The maximum atomic E-state index is 10.8. The van der Waals surface area contributed by atoms with Crippen LogP contribution in [0.15, 0.2) is 33.9 Å². The summed E-state index contributed by atoms with van der Waals surface area (Å²) < 4.78 is 4.46. The van der Waals surface area contributed by atoms with Crippen LogP contribution in [0.5, 0.6) is 0 Å². The highest BCUT2D eigenvalue weighted by Gasteiger charge is 2.08. The van der Waals surface area contributed by atoms with E-state index in [4.69, 9.17) is 23.2 Å². The molecule has 4 heteroatoms. The second-order valence-corrected chi connectivity index (χ2v) is 3.71. The van der Waals surface area contributed by atoms with E-state index in [1.165, 1.54) is 13.2 Å². The van der Waals surface area contributed by atoms with Gasteiger partial charge < -0.3 is 4.74 Å². The molecule has 0 aliphatic heterocycles. The molecule has 76 valence electrons. The van der Waals surface area contributed by atoms with Crippen LogP contribution >= 0.6 is 23.2 Å². The van der Waals surface area contributed by atoms with Gasteiger partial charge in [-0.25, -0.2) is 4.79 Å². The number of carbonyl (C=O) groups excluding carboxylic acids is 1. The molecule has 0 atom stereocenters. The van der Waals surface area contributed by atoms with E-state index in [9.17, 15) is 4.79 Å². The van der Waals surface area contributed by atoms with Gasteiger partial charge in [0.15, 0.2) is 0 Å². The number of hydrogen-bond donors (Lipinski definition) is 0. The highest BCUT2D eigenvalue weighted by atomic mass is 35.5. The average Bonchev–Trinajstić information content (AvgIpc) is 2.16. The summed E-state index contributed by atoms with van der Waals surface area (Å²) in [5.74, 6) is -0.386. The maximum absolute atomic E-state index is 10.8. The molecule has 0 aromatic rings. The Bertz CT molecular complexity index is 327. The normalized spacial score (nSPS) is 17.2. The van der Waals surface area contributed by atoms with Gasteiger partial charge in [0, 0.05) is 16.1 Å². The smallest absolute Gasteiger partial charge is 0.330 e. The molecule has 2 nitrogen and oxygen atoms in total. The van der Waals surface area contributed by atoms with Gasteiger partial charge in [-0.3, -0.25) is 0 Å². The zero-order valence-corrected chi connectivity index (χ0v) is 9.23. The minimum atomic E-state index is -0.386. The van der Waals surface area contributed by atoms with Crippen molar-refractivity contribution >= 4 is 29.2 Å². The van der Waals surface area contributed by atoms with Gasteiger partial charge in [0.2, 0.25) is 0 Å². The summed E-state index contributed by atoms with van der Waals surface area (Å²) in [6.45, 7) is 0. The lowest BCUT2D eigenvalue weighted by molar-refractivity contribution is -0.134. The number of ether oxygens (including phenoxy) is 1. The van der Waals surface area contributed by atoms with Crippen molar-refractivity contribution in [3.63, 3.8) is 0 Å². The first-order valence-electron chi connectivity index (χ1n) is 4.14. The minimum absolute atomic E-state index is 0.386. The van der Waals surface area contributed by atoms with Crippen molar-refractivity contribution < 1.29 is 9.53 Å². The van der Waals surface area contributed by atoms with E-state index in [0.717, 1.165) is 23.4 Å². The Balaban J connectivity index is 2.74. The molecule has 0 heterocycles. The summed E-state index contributed by atoms with van der Waals surface area (Å²) in [4.78, 5) is 10.8. The maximum Gasteiger partial charge on any atom is 0.330 e. The first-order chi connectivity index (χ1) is 6.63. The Morgan fingerprint density at radius 2 is 2.21 bits per heavy atom. The molecule has 0 radical (unpaired) electrons. The standard InChI is InChI=1S/C10H10Cl2O2/c1-14-10(13)5-3-7-2-4-8(11)6-9(7)12/h3,5-6H,2,4H2,1H3/b5-3+. The first-order valence-corrected chi connectivity index (χ1v) is 4.90. The summed E-state index contributed by atoms with van der Waals surface area (Å²) in [6.07, 6.45) is 6.22. The first kappa shape index (κ1) is 11.3. The number of esters is 1. The molecule has 0 saturated heterocycles. The lowest BCUT2D eigenvalue weighted by atomic mass is 10.0. The van der Waals surface area contributed by atoms with Gasteiger partial charge in [-0.2, -0.15) is 0 Å². The highest BCUT2D eigenvalue weighted by Crippen LogP contribution is 2.28. The van der Waals surface area contributed by atoms with Crippen LogP contribution in [-0.2, 0) is 9.53 Å². The zero-order chi connectivity index (χ0) is 10.6. The summed E-state index contributed by atoms with van der Waals surface area (Å²) in [7, 11) is 1.33. The van der Waals surface area contributed by atoms with Crippen LogP contribution in [0.1, 0.15) is 12.8 Å². The number of halogens is 2. The molecule has 0 aromatic carbocycles. The lowest BCUT2D eigenvalue weighted by Crippen LogP contribution is -1.96.